The number of aryl methyl sites for hydroxylation is 1. The zero-order valence-electron chi connectivity index (χ0n) is 18.9. The molecular weight excluding hydrogens is 408 g/mol. The minimum Gasteiger partial charge on any atom is -0.373 e. The number of nitrogens with zero attached hydrogens (tertiary/aromatic N) is 2. The van der Waals surface area contributed by atoms with Crippen LogP contribution in [0.15, 0.2) is 41.8 Å². The van der Waals surface area contributed by atoms with Gasteiger partial charge in [-0.25, -0.2) is 0 Å². The molecule has 7 heteroatoms. The van der Waals surface area contributed by atoms with Crippen molar-refractivity contribution in [1.82, 2.24) is 9.21 Å². The summed E-state index contributed by atoms with van der Waals surface area (Å²) in [6, 6.07) is 4.05. The summed E-state index contributed by atoms with van der Waals surface area (Å²) < 4.78 is 2.06. The number of nitrogens with one attached hydrogen (secondary N) is 2. The van der Waals surface area contributed by atoms with E-state index in [-0.39, 0.29) is 12.0 Å². The van der Waals surface area contributed by atoms with Crippen molar-refractivity contribution < 1.29 is 9.90 Å². The SMILES string of the molecule is C=C(C)c1cc(NC(O)C2C=C(SN(C)C)C=CC2N2CCCC2)cc(C)c1NC=O. The number of allylic oxidation sites excluding steroid dienone is 2. The van der Waals surface area contributed by atoms with Gasteiger partial charge in [0.05, 0.1) is 5.69 Å². The van der Waals surface area contributed by atoms with E-state index in [1.54, 1.807) is 11.9 Å². The molecule has 1 aliphatic heterocycles. The first-order chi connectivity index (χ1) is 14.8. The number of carbonyl (C=O) groups excluding carboxylic acids is 1. The summed E-state index contributed by atoms with van der Waals surface area (Å²) in [6.07, 6.45) is 8.91. The normalized spacial score (nSPS) is 22.3. The van der Waals surface area contributed by atoms with Crippen LogP contribution < -0.4 is 10.6 Å². The van der Waals surface area contributed by atoms with Gasteiger partial charge in [0.25, 0.3) is 0 Å². The molecule has 1 fully saturated rings. The van der Waals surface area contributed by atoms with Gasteiger partial charge in [-0.05, 0) is 89.1 Å². The van der Waals surface area contributed by atoms with E-state index in [0.29, 0.717) is 6.41 Å². The van der Waals surface area contributed by atoms with Gasteiger partial charge in [0.1, 0.15) is 6.23 Å². The van der Waals surface area contributed by atoms with Gasteiger partial charge in [0.2, 0.25) is 6.41 Å². The van der Waals surface area contributed by atoms with Crippen LogP contribution in [0, 0.1) is 12.8 Å². The fourth-order valence-electron chi connectivity index (χ4n) is 4.34. The van der Waals surface area contributed by atoms with Gasteiger partial charge < -0.3 is 15.7 Å². The number of amides is 1. The molecule has 1 aromatic rings. The van der Waals surface area contributed by atoms with Crippen molar-refractivity contribution in [2.24, 2.45) is 5.92 Å². The molecule has 1 aromatic carbocycles. The number of hydrogen-bond acceptors (Lipinski definition) is 6. The molecule has 3 N–H and O–H groups in total. The topological polar surface area (TPSA) is 67.8 Å². The van der Waals surface area contributed by atoms with Crippen LogP contribution in [0.3, 0.4) is 0 Å². The third-order valence-corrected chi connectivity index (χ3v) is 6.58. The average molecular weight is 443 g/mol. The van der Waals surface area contributed by atoms with Crippen LogP contribution in [0.5, 0.6) is 0 Å². The highest BCUT2D eigenvalue weighted by Crippen LogP contribution is 2.34. The Kier molecular flexibility index (Phi) is 8.00. The zero-order valence-corrected chi connectivity index (χ0v) is 19.7. The minimum atomic E-state index is -0.754. The first-order valence-electron chi connectivity index (χ1n) is 10.7. The predicted octanol–water partition coefficient (Wildman–Crippen LogP) is 4.07. The maximum atomic E-state index is 11.3. The van der Waals surface area contributed by atoms with Crippen LogP contribution in [-0.4, -0.2) is 60.2 Å². The first kappa shape index (κ1) is 23.6. The molecule has 3 rings (SSSR count). The lowest BCUT2D eigenvalue weighted by Crippen LogP contribution is -2.45. The van der Waals surface area contributed by atoms with Crippen molar-refractivity contribution in [2.75, 3.05) is 37.8 Å². The maximum Gasteiger partial charge on any atom is 0.211 e. The third kappa shape index (κ3) is 5.80. The van der Waals surface area contributed by atoms with Crippen LogP contribution >= 0.6 is 11.9 Å². The Bertz CT molecular complexity index is 875. The Morgan fingerprint density at radius 1 is 1.35 bits per heavy atom. The standard InChI is InChI=1S/C24H34N4O2S/c1-16(2)20-13-18(12-17(3)23(20)25-15-29)26-24(30)21-14-19(31-27(4)5)8-9-22(21)28-10-6-7-11-28/h8-9,12-15,21-22,24,26,30H,1,6-7,10-11H2,2-5H3,(H,25,29). The van der Waals surface area contributed by atoms with E-state index >= 15 is 0 Å². The van der Waals surface area contributed by atoms with Crippen molar-refractivity contribution in [3.8, 4) is 0 Å². The van der Waals surface area contributed by atoms with Crippen molar-refractivity contribution in [3.63, 3.8) is 0 Å². The van der Waals surface area contributed by atoms with Crippen molar-refractivity contribution >= 4 is 35.3 Å². The molecule has 6 nitrogen and oxygen atoms in total. The highest BCUT2D eigenvalue weighted by atomic mass is 32.2. The summed E-state index contributed by atoms with van der Waals surface area (Å²) in [5, 5.41) is 17.4. The largest absolute Gasteiger partial charge is 0.373 e. The molecule has 168 valence electrons. The molecule has 1 aliphatic carbocycles. The maximum absolute atomic E-state index is 11.3. The number of carbonyl (C=O) groups is 1. The fraction of sp³-hybridized carbons (Fsp3) is 0.458. The molecular formula is C24H34N4O2S. The molecule has 0 aromatic heterocycles. The van der Waals surface area contributed by atoms with Gasteiger partial charge in [-0.3, -0.25) is 14.0 Å². The average Bonchev–Trinajstić information content (AvgIpc) is 3.23. The van der Waals surface area contributed by atoms with Crippen molar-refractivity contribution in [3.05, 3.63) is 53.0 Å². The fourth-order valence-corrected chi connectivity index (χ4v) is 5.12. The summed E-state index contributed by atoms with van der Waals surface area (Å²) >= 11 is 1.66. The van der Waals surface area contributed by atoms with E-state index in [1.807, 2.05) is 40.1 Å². The van der Waals surface area contributed by atoms with Gasteiger partial charge in [0, 0.05) is 28.1 Å². The van der Waals surface area contributed by atoms with E-state index in [9.17, 15) is 9.90 Å². The van der Waals surface area contributed by atoms with Crippen LogP contribution in [0.1, 0.15) is 30.9 Å². The Hall–Kier alpha value is -2.06. The number of anilines is 2. The van der Waals surface area contributed by atoms with E-state index in [2.05, 4.69) is 44.6 Å². The summed E-state index contributed by atoms with van der Waals surface area (Å²) in [4.78, 5) is 14.6. The van der Waals surface area contributed by atoms with Crippen LogP contribution in [0.25, 0.3) is 5.57 Å². The number of aliphatic hydroxyl groups excluding tert-OH is 1. The van der Waals surface area contributed by atoms with E-state index in [0.717, 1.165) is 46.1 Å². The highest BCUT2D eigenvalue weighted by Gasteiger charge is 2.33. The lowest BCUT2D eigenvalue weighted by molar-refractivity contribution is -0.105. The van der Waals surface area contributed by atoms with Crippen molar-refractivity contribution in [2.45, 2.75) is 39.0 Å². The molecule has 3 atom stereocenters. The lowest BCUT2D eigenvalue weighted by atomic mass is 9.91. The Morgan fingerprint density at radius 3 is 2.68 bits per heavy atom. The summed E-state index contributed by atoms with van der Waals surface area (Å²) in [5.74, 6) is -0.0769. The molecule has 1 heterocycles. The zero-order chi connectivity index (χ0) is 22.5. The van der Waals surface area contributed by atoms with Crippen LogP contribution in [0.4, 0.5) is 11.4 Å². The van der Waals surface area contributed by atoms with Gasteiger partial charge in [-0.2, -0.15) is 0 Å². The second-order valence-electron chi connectivity index (χ2n) is 8.49. The highest BCUT2D eigenvalue weighted by molar-refractivity contribution is 8.01. The molecule has 0 bridgehead atoms. The van der Waals surface area contributed by atoms with Gasteiger partial charge in [-0.1, -0.05) is 24.8 Å². The van der Waals surface area contributed by atoms with Crippen LogP contribution in [0.2, 0.25) is 0 Å². The summed E-state index contributed by atoms with van der Waals surface area (Å²) in [5.41, 5.74) is 4.19. The monoisotopic (exact) mass is 442 g/mol. The smallest absolute Gasteiger partial charge is 0.211 e. The van der Waals surface area contributed by atoms with E-state index in [4.69, 9.17) is 0 Å². The Balaban J connectivity index is 1.87. The second kappa shape index (κ2) is 10.5. The molecule has 0 saturated carbocycles. The molecule has 3 unspecified atom stereocenters. The van der Waals surface area contributed by atoms with Crippen molar-refractivity contribution in [1.29, 1.82) is 0 Å². The Labute approximate surface area is 190 Å². The molecule has 1 amide bonds. The molecule has 31 heavy (non-hydrogen) atoms. The van der Waals surface area contributed by atoms with Gasteiger partial charge in [-0.15, -0.1) is 0 Å². The van der Waals surface area contributed by atoms with E-state index in [1.165, 1.54) is 12.8 Å². The number of hydrogen-bond donors (Lipinski definition) is 3. The van der Waals surface area contributed by atoms with Gasteiger partial charge in [0.15, 0.2) is 0 Å². The van der Waals surface area contributed by atoms with E-state index < -0.39 is 6.23 Å². The molecule has 1 saturated heterocycles. The predicted molar refractivity (Wildman–Crippen MR) is 132 cm³/mol. The number of likely N-dealkylation sites (tertiary alicyclic amines) is 1. The number of aliphatic hydroxyl groups is 1. The molecule has 0 radical (unpaired) electrons. The lowest BCUT2D eigenvalue weighted by Gasteiger charge is -2.36. The quantitative estimate of drug-likeness (QED) is 0.304. The number of rotatable bonds is 9. The second-order valence-corrected chi connectivity index (χ2v) is 9.87. The summed E-state index contributed by atoms with van der Waals surface area (Å²) in [6.45, 7) is 10.0. The van der Waals surface area contributed by atoms with Gasteiger partial charge >= 0.3 is 0 Å². The molecule has 2 aliphatic rings. The minimum absolute atomic E-state index is 0.0769. The number of benzene rings is 1. The van der Waals surface area contributed by atoms with Crippen LogP contribution in [-0.2, 0) is 4.79 Å². The Morgan fingerprint density at radius 2 is 2.06 bits per heavy atom. The first-order valence-corrected chi connectivity index (χ1v) is 11.5. The third-order valence-electron chi connectivity index (χ3n) is 5.74. The summed E-state index contributed by atoms with van der Waals surface area (Å²) in [7, 11) is 4.04. The molecule has 0 spiro atoms.